The van der Waals surface area contributed by atoms with Crippen LogP contribution < -0.4 is 16.0 Å². The number of alkyl halides is 1. The predicted octanol–water partition coefficient (Wildman–Crippen LogP) is 1.99. The second-order valence-electron chi connectivity index (χ2n) is 6.84. The average molecular weight is 405 g/mol. The normalized spacial score (nSPS) is 17.5. The van der Waals surface area contributed by atoms with Crippen LogP contribution in [0.1, 0.15) is 18.1 Å². The molecule has 0 bridgehead atoms. The lowest BCUT2D eigenvalue weighted by atomic mass is 9.98. The van der Waals surface area contributed by atoms with Gasteiger partial charge in [-0.3, -0.25) is 14.4 Å². The number of hydrogen-bond acceptors (Lipinski definition) is 3. The minimum absolute atomic E-state index is 0.0651. The fourth-order valence-electron chi connectivity index (χ4n) is 2.93. The zero-order chi connectivity index (χ0) is 21.2. The van der Waals surface area contributed by atoms with Crippen LogP contribution in [0.3, 0.4) is 0 Å². The molecule has 3 N–H and O–H groups in total. The van der Waals surface area contributed by atoms with E-state index in [0.29, 0.717) is 11.8 Å². The topological polar surface area (TPSA) is 87.3 Å². The molecule has 1 aliphatic heterocycles. The van der Waals surface area contributed by atoms with E-state index in [1.165, 1.54) is 0 Å². The summed E-state index contributed by atoms with van der Waals surface area (Å²) in [7, 11) is 0. The van der Waals surface area contributed by atoms with Gasteiger partial charge in [0.15, 0.2) is 0 Å². The van der Waals surface area contributed by atoms with Crippen molar-refractivity contribution in [3.05, 3.63) is 65.2 Å². The Labute approximate surface area is 164 Å². The zero-order valence-corrected chi connectivity index (χ0v) is 15.4. The summed E-state index contributed by atoms with van der Waals surface area (Å²) in [6.07, 6.45) is 0.147. The van der Waals surface area contributed by atoms with Crippen LogP contribution in [0.25, 0.3) is 0 Å². The predicted molar refractivity (Wildman–Crippen MR) is 98.4 cm³/mol. The van der Waals surface area contributed by atoms with E-state index in [1.54, 1.807) is 24.3 Å². The smallest absolute Gasteiger partial charge is 0.267 e. The van der Waals surface area contributed by atoms with Crippen molar-refractivity contribution in [2.45, 2.75) is 31.6 Å². The van der Waals surface area contributed by atoms with Crippen molar-refractivity contribution in [3.63, 3.8) is 0 Å². The third-order valence-corrected chi connectivity index (χ3v) is 4.55. The van der Waals surface area contributed by atoms with E-state index >= 15 is 0 Å². The Hall–Kier alpha value is -3.36. The first-order valence-electron chi connectivity index (χ1n) is 8.78. The summed E-state index contributed by atoms with van der Waals surface area (Å²) < 4.78 is 41.2. The molecule has 0 aliphatic carbocycles. The van der Waals surface area contributed by atoms with Gasteiger partial charge in [0.25, 0.3) is 17.5 Å². The lowest BCUT2D eigenvalue weighted by molar-refractivity contribution is -0.146. The molecule has 0 saturated heterocycles. The van der Waals surface area contributed by atoms with Gasteiger partial charge in [-0.1, -0.05) is 18.2 Å². The first kappa shape index (κ1) is 20.4. The highest BCUT2D eigenvalue weighted by Crippen LogP contribution is 2.22. The number of benzene rings is 2. The quantitative estimate of drug-likeness (QED) is 0.665. The van der Waals surface area contributed by atoms with Crippen LogP contribution in [0.4, 0.5) is 18.9 Å². The number of rotatable bonds is 5. The van der Waals surface area contributed by atoms with Gasteiger partial charge >= 0.3 is 0 Å². The van der Waals surface area contributed by atoms with Crippen molar-refractivity contribution in [1.82, 2.24) is 10.6 Å². The molecule has 1 aliphatic rings. The first-order chi connectivity index (χ1) is 13.7. The number of nitrogens with one attached hydrogen (secondary N) is 3. The maximum Gasteiger partial charge on any atom is 0.267 e. The van der Waals surface area contributed by atoms with Gasteiger partial charge in [0.1, 0.15) is 17.7 Å². The van der Waals surface area contributed by atoms with Gasteiger partial charge in [-0.05, 0) is 36.2 Å². The summed E-state index contributed by atoms with van der Waals surface area (Å²) in [5.41, 5.74) is -1.57. The van der Waals surface area contributed by atoms with Crippen LogP contribution >= 0.6 is 0 Å². The number of carbonyl (C=O) groups is 3. The van der Waals surface area contributed by atoms with Crippen molar-refractivity contribution >= 4 is 23.4 Å². The Kier molecular flexibility index (Phi) is 5.58. The lowest BCUT2D eigenvalue weighted by Gasteiger charge is -2.27. The number of carbonyl (C=O) groups excluding carboxylic acids is 3. The Balaban J connectivity index is 1.63. The van der Waals surface area contributed by atoms with Crippen molar-refractivity contribution in [2.75, 3.05) is 5.32 Å². The summed E-state index contributed by atoms with van der Waals surface area (Å²) >= 11 is 0. The first-order valence-corrected chi connectivity index (χ1v) is 8.78. The fourth-order valence-corrected chi connectivity index (χ4v) is 2.93. The molecule has 2 aromatic rings. The Morgan fingerprint density at radius 3 is 2.48 bits per heavy atom. The van der Waals surface area contributed by atoms with E-state index in [2.05, 4.69) is 16.0 Å². The maximum atomic E-state index is 14.8. The van der Waals surface area contributed by atoms with Gasteiger partial charge in [-0.2, -0.15) is 0 Å². The lowest BCUT2D eigenvalue weighted by Crippen LogP contribution is -2.57. The van der Waals surface area contributed by atoms with Gasteiger partial charge < -0.3 is 16.0 Å². The Bertz CT molecular complexity index is 958. The second kappa shape index (κ2) is 7.94. The molecule has 0 radical (unpaired) electrons. The third-order valence-electron chi connectivity index (χ3n) is 4.55. The maximum absolute atomic E-state index is 14.8. The van der Waals surface area contributed by atoms with E-state index in [-0.39, 0.29) is 18.5 Å². The molecule has 6 nitrogen and oxygen atoms in total. The second-order valence-corrected chi connectivity index (χ2v) is 6.84. The fraction of sp³-hybridized carbons (Fsp3) is 0.250. The van der Waals surface area contributed by atoms with Crippen LogP contribution in [0.5, 0.6) is 0 Å². The highest BCUT2D eigenvalue weighted by molar-refractivity contribution is 6.09. The van der Waals surface area contributed by atoms with Crippen molar-refractivity contribution in [3.8, 4) is 0 Å². The molecule has 2 aromatic carbocycles. The van der Waals surface area contributed by atoms with Crippen LogP contribution in [0.15, 0.2) is 42.5 Å². The standard InChI is InChI=1S/C20H18F3N3O3/c1-20(23,18(28)24-10-11-6-13(21)9-14(22)7-11)19(29)26-16-8-12-4-2-3-5-15(12)25-17(16)27/h2-7,9,16H,8,10H2,1H3,(H,24,28)(H,25,27)(H,26,29). The molecular formula is C20H18F3N3O3. The van der Waals surface area contributed by atoms with Crippen LogP contribution in [-0.4, -0.2) is 29.4 Å². The molecule has 2 atom stereocenters. The van der Waals surface area contributed by atoms with E-state index in [1.807, 2.05) is 0 Å². The molecule has 0 aromatic heterocycles. The number of amides is 3. The molecule has 29 heavy (non-hydrogen) atoms. The van der Waals surface area contributed by atoms with Crippen molar-refractivity contribution in [2.24, 2.45) is 0 Å². The molecule has 152 valence electrons. The van der Waals surface area contributed by atoms with Crippen LogP contribution in [-0.2, 0) is 27.3 Å². The number of hydrogen-bond donors (Lipinski definition) is 3. The minimum atomic E-state index is -3.00. The molecule has 2 unspecified atom stereocenters. The number of anilines is 1. The zero-order valence-electron chi connectivity index (χ0n) is 15.4. The SMILES string of the molecule is CC(F)(C(=O)NCc1cc(F)cc(F)c1)C(=O)NC1Cc2ccccc2NC1=O. The molecule has 1 heterocycles. The third kappa shape index (κ3) is 4.56. The van der Waals surface area contributed by atoms with Crippen molar-refractivity contribution in [1.29, 1.82) is 0 Å². The number of halogens is 3. The van der Waals surface area contributed by atoms with E-state index < -0.39 is 41.1 Å². The summed E-state index contributed by atoms with van der Waals surface area (Å²) in [5, 5.41) is 6.98. The Morgan fingerprint density at radius 1 is 1.14 bits per heavy atom. The summed E-state index contributed by atoms with van der Waals surface area (Å²) in [6, 6.07) is 8.53. The monoisotopic (exact) mass is 405 g/mol. The van der Waals surface area contributed by atoms with Gasteiger partial charge in [0.2, 0.25) is 5.91 Å². The van der Waals surface area contributed by atoms with E-state index in [9.17, 15) is 27.6 Å². The van der Waals surface area contributed by atoms with Gasteiger partial charge in [-0.25, -0.2) is 13.2 Å². The molecule has 0 saturated carbocycles. The highest BCUT2D eigenvalue weighted by atomic mass is 19.1. The number of para-hydroxylation sites is 1. The molecule has 0 fully saturated rings. The summed E-state index contributed by atoms with van der Waals surface area (Å²) in [6.45, 7) is 0.371. The van der Waals surface area contributed by atoms with Gasteiger partial charge in [0.05, 0.1) is 0 Å². The van der Waals surface area contributed by atoms with Crippen LogP contribution in [0, 0.1) is 11.6 Å². The summed E-state index contributed by atoms with van der Waals surface area (Å²) in [4.78, 5) is 36.6. The number of fused-ring (bicyclic) bond motifs is 1. The van der Waals surface area contributed by atoms with E-state index in [4.69, 9.17) is 0 Å². The highest BCUT2D eigenvalue weighted by Gasteiger charge is 2.43. The van der Waals surface area contributed by atoms with Crippen LogP contribution in [0.2, 0.25) is 0 Å². The van der Waals surface area contributed by atoms with Gasteiger partial charge in [-0.15, -0.1) is 0 Å². The molecule has 3 rings (SSSR count). The summed E-state index contributed by atoms with van der Waals surface area (Å²) in [5.74, 6) is -4.81. The van der Waals surface area contributed by atoms with E-state index in [0.717, 1.165) is 24.6 Å². The molecule has 0 spiro atoms. The average Bonchev–Trinajstić information content (AvgIpc) is 2.65. The molecular weight excluding hydrogens is 387 g/mol. The van der Waals surface area contributed by atoms with Crippen molar-refractivity contribution < 1.29 is 27.6 Å². The minimum Gasteiger partial charge on any atom is -0.349 e. The Morgan fingerprint density at radius 2 is 1.79 bits per heavy atom. The largest absolute Gasteiger partial charge is 0.349 e. The van der Waals surface area contributed by atoms with Gasteiger partial charge in [0, 0.05) is 24.7 Å². The molecule has 9 heteroatoms. The molecule has 3 amide bonds.